The van der Waals surface area contributed by atoms with Gasteiger partial charge in [-0.3, -0.25) is 19.5 Å². The van der Waals surface area contributed by atoms with Crippen LogP contribution in [0.5, 0.6) is 5.75 Å². The van der Waals surface area contributed by atoms with Crippen molar-refractivity contribution in [3.05, 3.63) is 82.1 Å². The van der Waals surface area contributed by atoms with Gasteiger partial charge in [-0.1, -0.05) is 35.5 Å². The minimum absolute atomic E-state index is 0.0449. The Kier molecular flexibility index (Phi) is 7.85. The molecule has 32 heavy (non-hydrogen) atoms. The van der Waals surface area contributed by atoms with E-state index in [4.69, 9.17) is 16.3 Å². The summed E-state index contributed by atoms with van der Waals surface area (Å²) in [6.07, 6.45) is 1.30. The number of thioether (sulfide) groups is 1. The fourth-order valence-electron chi connectivity index (χ4n) is 2.80. The quantitative estimate of drug-likeness (QED) is 0.193. The second-order valence-electron chi connectivity index (χ2n) is 6.60. The number of hydrogen-bond donors (Lipinski definition) is 1. The summed E-state index contributed by atoms with van der Waals surface area (Å²) in [6.45, 7) is 6.06. The number of allylic oxidation sites excluding steroid dienone is 1. The highest BCUT2D eigenvalue weighted by molar-refractivity contribution is 7.99. The monoisotopic (exact) mass is 473 g/mol. The molecule has 0 aliphatic heterocycles. The molecule has 1 amide bonds. The van der Waals surface area contributed by atoms with Crippen molar-refractivity contribution < 1.29 is 14.5 Å². The van der Waals surface area contributed by atoms with E-state index in [2.05, 4.69) is 22.1 Å². The highest BCUT2D eigenvalue weighted by Gasteiger charge is 2.20. The molecule has 0 saturated heterocycles. The number of hydrogen-bond acceptors (Lipinski definition) is 7. The number of ether oxygens (including phenoxy) is 1. The first-order valence-electron chi connectivity index (χ1n) is 9.50. The number of rotatable bonds is 10. The predicted octanol–water partition coefficient (Wildman–Crippen LogP) is 4.90. The van der Waals surface area contributed by atoms with Crippen molar-refractivity contribution in [1.29, 1.82) is 0 Å². The normalized spacial score (nSPS) is 11.6. The Morgan fingerprint density at radius 1 is 1.34 bits per heavy atom. The number of carbonyl (C=O) groups excluding carboxylic acids is 1. The molecule has 0 radical (unpaired) electrons. The highest BCUT2D eigenvalue weighted by atomic mass is 35.5. The second-order valence-corrected chi connectivity index (χ2v) is 7.98. The lowest BCUT2D eigenvalue weighted by Crippen LogP contribution is -2.15. The van der Waals surface area contributed by atoms with Crippen molar-refractivity contribution in [1.82, 2.24) is 14.8 Å². The summed E-state index contributed by atoms with van der Waals surface area (Å²) in [6, 6.07) is 12.7. The molecular weight excluding hydrogens is 454 g/mol. The zero-order valence-electron chi connectivity index (χ0n) is 17.1. The Balaban J connectivity index is 1.64. The van der Waals surface area contributed by atoms with Crippen LogP contribution in [0.2, 0.25) is 5.02 Å². The van der Waals surface area contributed by atoms with Gasteiger partial charge in [0.05, 0.1) is 10.7 Å². The Labute approximate surface area is 193 Å². The van der Waals surface area contributed by atoms with Gasteiger partial charge >= 0.3 is 0 Å². The molecule has 0 fully saturated rings. The van der Waals surface area contributed by atoms with Crippen molar-refractivity contribution in [3.63, 3.8) is 0 Å². The van der Waals surface area contributed by atoms with Crippen LogP contribution >= 0.6 is 23.4 Å². The zero-order chi connectivity index (χ0) is 23.1. The highest BCUT2D eigenvalue weighted by Crippen LogP contribution is 2.26. The van der Waals surface area contributed by atoms with E-state index in [-0.39, 0.29) is 17.3 Å². The molecule has 0 bridgehead atoms. The van der Waals surface area contributed by atoms with Crippen LogP contribution in [-0.4, -0.2) is 31.3 Å². The summed E-state index contributed by atoms with van der Waals surface area (Å²) < 4.78 is 7.76. The largest absolute Gasteiger partial charge is 0.483 e. The fourth-order valence-corrected chi connectivity index (χ4v) is 3.73. The molecule has 0 spiro atoms. The minimum Gasteiger partial charge on any atom is -0.483 e. The first kappa shape index (κ1) is 23.3. The van der Waals surface area contributed by atoms with E-state index >= 15 is 0 Å². The third-order valence-corrected chi connectivity index (χ3v) is 5.43. The number of nitrogens with zero attached hydrogens (tertiary/aromatic N) is 4. The lowest BCUT2D eigenvalue weighted by Gasteiger charge is -2.16. The van der Waals surface area contributed by atoms with Crippen LogP contribution in [0.4, 0.5) is 11.4 Å². The van der Waals surface area contributed by atoms with Gasteiger partial charge in [0, 0.05) is 29.4 Å². The van der Waals surface area contributed by atoms with Gasteiger partial charge in [-0.2, -0.15) is 0 Å². The van der Waals surface area contributed by atoms with Gasteiger partial charge in [0.25, 0.3) is 5.69 Å². The number of benzene rings is 2. The van der Waals surface area contributed by atoms with Crippen LogP contribution in [0.3, 0.4) is 0 Å². The van der Waals surface area contributed by atoms with Crippen LogP contribution in [0.25, 0.3) is 0 Å². The minimum atomic E-state index is -0.497. The van der Waals surface area contributed by atoms with Crippen LogP contribution in [-0.2, 0) is 11.3 Å². The topological polar surface area (TPSA) is 112 Å². The van der Waals surface area contributed by atoms with Crippen LogP contribution in [0.15, 0.2) is 66.3 Å². The number of amides is 1. The Morgan fingerprint density at radius 3 is 2.75 bits per heavy atom. The molecule has 2 aromatic carbocycles. The van der Waals surface area contributed by atoms with Crippen molar-refractivity contribution >= 4 is 40.6 Å². The number of carbonyl (C=O) groups is 1. The molecule has 3 aromatic rings. The van der Waals surface area contributed by atoms with Crippen LogP contribution in [0, 0.1) is 10.1 Å². The molecule has 166 valence electrons. The molecule has 11 heteroatoms. The number of nitro groups is 1. The van der Waals surface area contributed by atoms with E-state index in [0.29, 0.717) is 34.0 Å². The summed E-state index contributed by atoms with van der Waals surface area (Å²) in [5, 5.41) is 23.0. The van der Waals surface area contributed by atoms with Gasteiger partial charge < -0.3 is 10.1 Å². The first-order valence-corrected chi connectivity index (χ1v) is 10.9. The molecule has 1 N–H and O–H groups in total. The van der Waals surface area contributed by atoms with E-state index in [1.54, 1.807) is 30.3 Å². The average molecular weight is 474 g/mol. The molecule has 1 aromatic heterocycles. The molecule has 1 atom stereocenters. The Morgan fingerprint density at radius 2 is 2.09 bits per heavy atom. The summed E-state index contributed by atoms with van der Waals surface area (Å²) >= 11 is 7.23. The number of halogens is 1. The van der Waals surface area contributed by atoms with E-state index in [1.165, 1.54) is 36.0 Å². The van der Waals surface area contributed by atoms with E-state index in [0.717, 1.165) is 0 Å². The smallest absolute Gasteiger partial charge is 0.269 e. The van der Waals surface area contributed by atoms with Crippen LogP contribution < -0.4 is 10.1 Å². The van der Waals surface area contributed by atoms with E-state index in [9.17, 15) is 14.9 Å². The molecule has 0 saturated carbocycles. The van der Waals surface area contributed by atoms with Crippen LogP contribution in [0.1, 0.15) is 18.9 Å². The third-order valence-electron chi connectivity index (χ3n) is 4.22. The van der Waals surface area contributed by atoms with Crippen molar-refractivity contribution in [2.75, 3.05) is 11.1 Å². The summed E-state index contributed by atoms with van der Waals surface area (Å²) in [5.41, 5.74) is 0.425. The van der Waals surface area contributed by atoms with Gasteiger partial charge in [0.1, 0.15) is 5.75 Å². The first-order chi connectivity index (χ1) is 15.4. The zero-order valence-corrected chi connectivity index (χ0v) is 18.7. The molecule has 0 aliphatic carbocycles. The molecule has 1 heterocycles. The number of anilines is 1. The van der Waals surface area contributed by atoms with Gasteiger partial charge in [0.2, 0.25) is 5.91 Å². The molecule has 3 rings (SSSR count). The summed E-state index contributed by atoms with van der Waals surface area (Å²) in [4.78, 5) is 22.5. The van der Waals surface area contributed by atoms with Gasteiger partial charge in [-0.15, -0.1) is 16.8 Å². The van der Waals surface area contributed by atoms with Gasteiger partial charge in [-0.05, 0) is 37.3 Å². The number of nitro benzene ring substituents is 1. The fraction of sp³-hybridized carbons (Fsp3) is 0.190. The summed E-state index contributed by atoms with van der Waals surface area (Å²) in [5.74, 6) is 0.996. The van der Waals surface area contributed by atoms with Gasteiger partial charge in [0.15, 0.2) is 17.1 Å². The van der Waals surface area contributed by atoms with Crippen molar-refractivity contribution in [2.45, 2.75) is 24.7 Å². The second kappa shape index (κ2) is 10.8. The average Bonchev–Trinajstić information content (AvgIpc) is 3.16. The predicted molar refractivity (Wildman–Crippen MR) is 123 cm³/mol. The standard InChI is InChI=1S/C21H20ClN5O4S/c1-3-11-26-20(14(2)31-18-6-4-5-15(22)12-18)24-25-21(26)32-13-19(28)23-16-7-9-17(10-8-16)27(29)30/h3-10,12,14H,1,11,13H2,2H3,(H,23,28). The maximum absolute atomic E-state index is 12.3. The SMILES string of the molecule is C=CCn1c(SCC(=O)Nc2ccc([N+](=O)[O-])cc2)nnc1C(C)Oc1cccc(Cl)c1. The maximum Gasteiger partial charge on any atom is 0.269 e. The molecule has 9 nitrogen and oxygen atoms in total. The number of aromatic nitrogens is 3. The van der Waals surface area contributed by atoms with Crippen molar-refractivity contribution in [2.24, 2.45) is 0 Å². The number of non-ortho nitro benzene ring substituents is 1. The number of nitrogens with one attached hydrogen (secondary N) is 1. The van der Waals surface area contributed by atoms with E-state index in [1.807, 2.05) is 11.5 Å². The van der Waals surface area contributed by atoms with Gasteiger partial charge in [-0.25, -0.2) is 0 Å². The molecule has 0 aliphatic rings. The van der Waals surface area contributed by atoms with Crippen molar-refractivity contribution in [3.8, 4) is 5.75 Å². The Hall–Kier alpha value is -3.37. The summed E-state index contributed by atoms with van der Waals surface area (Å²) in [7, 11) is 0. The Bertz CT molecular complexity index is 1120. The third kappa shape index (κ3) is 6.08. The maximum atomic E-state index is 12.3. The molecular formula is C21H20ClN5O4S. The lowest BCUT2D eigenvalue weighted by atomic mass is 10.3. The molecule has 1 unspecified atom stereocenters. The lowest BCUT2D eigenvalue weighted by molar-refractivity contribution is -0.384. The van der Waals surface area contributed by atoms with E-state index < -0.39 is 11.0 Å².